The second kappa shape index (κ2) is 14.7. The Labute approximate surface area is 240 Å². The molecule has 0 spiro atoms. The fourth-order valence-electron chi connectivity index (χ4n) is 4.62. The first-order valence-corrected chi connectivity index (χ1v) is 13.7. The zero-order valence-corrected chi connectivity index (χ0v) is 22.7. The molecule has 4 aromatic carbocycles. The van der Waals surface area contributed by atoms with Crippen LogP contribution in [0.15, 0.2) is 121 Å². The molecule has 0 bridgehead atoms. The molecule has 1 N–H and O–H groups in total. The molecule has 1 unspecified atom stereocenters. The molecule has 41 heavy (non-hydrogen) atoms. The molecular weight excluding hydrogens is 520 g/mol. The van der Waals surface area contributed by atoms with Crippen LogP contribution in [0.3, 0.4) is 0 Å². The lowest BCUT2D eigenvalue weighted by Gasteiger charge is -2.43. The van der Waals surface area contributed by atoms with Crippen LogP contribution in [0.2, 0.25) is 0 Å². The Morgan fingerprint density at radius 2 is 0.951 bits per heavy atom. The van der Waals surface area contributed by atoms with E-state index >= 15 is 0 Å². The Morgan fingerprint density at radius 1 is 0.561 bits per heavy atom. The molecule has 212 valence electrons. The minimum absolute atomic E-state index is 0.0469. The maximum Gasteiger partial charge on any atom is 0.338 e. The van der Waals surface area contributed by atoms with E-state index in [2.05, 4.69) is 0 Å². The van der Waals surface area contributed by atoms with Gasteiger partial charge in [-0.3, -0.25) is 0 Å². The van der Waals surface area contributed by atoms with Gasteiger partial charge in [-0.1, -0.05) is 121 Å². The Morgan fingerprint density at radius 3 is 1.41 bits per heavy atom. The SMILES string of the molecule is O=C(OCc1ccccc1)[C@H]1OC(OCc2ccccc2)[C@@H](OCc2ccccc2)[C@@H](OCc2ccccc2)[C@@H]1O. The monoisotopic (exact) mass is 554 g/mol. The summed E-state index contributed by atoms with van der Waals surface area (Å²) in [4.78, 5) is 13.2. The highest BCUT2D eigenvalue weighted by atomic mass is 16.7. The molecule has 4 aromatic rings. The van der Waals surface area contributed by atoms with E-state index in [-0.39, 0.29) is 26.4 Å². The number of benzene rings is 4. The maximum absolute atomic E-state index is 13.2. The number of aliphatic hydroxyl groups is 1. The van der Waals surface area contributed by atoms with Gasteiger partial charge in [0.1, 0.15) is 24.9 Å². The van der Waals surface area contributed by atoms with Crippen molar-refractivity contribution in [3.63, 3.8) is 0 Å². The van der Waals surface area contributed by atoms with E-state index in [1.165, 1.54) is 0 Å². The molecule has 7 nitrogen and oxygen atoms in total. The smallest absolute Gasteiger partial charge is 0.338 e. The van der Waals surface area contributed by atoms with E-state index in [0.29, 0.717) is 0 Å². The normalized spacial score (nSPS) is 22.2. The van der Waals surface area contributed by atoms with Crippen LogP contribution in [0, 0.1) is 0 Å². The van der Waals surface area contributed by atoms with Crippen molar-refractivity contribution in [1.29, 1.82) is 0 Å². The highest BCUT2D eigenvalue weighted by molar-refractivity contribution is 5.75. The third kappa shape index (κ3) is 8.10. The summed E-state index contributed by atoms with van der Waals surface area (Å²) in [5, 5.41) is 11.5. The van der Waals surface area contributed by atoms with Crippen molar-refractivity contribution in [2.75, 3.05) is 0 Å². The Kier molecular flexibility index (Phi) is 10.3. The fraction of sp³-hybridized carbons (Fsp3) is 0.265. The van der Waals surface area contributed by atoms with Gasteiger partial charge in [-0.05, 0) is 22.3 Å². The van der Waals surface area contributed by atoms with Crippen molar-refractivity contribution in [1.82, 2.24) is 0 Å². The van der Waals surface area contributed by atoms with Crippen molar-refractivity contribution in [2.45, 2.75) is 57.1 Å². The fourth-order valence-corrected chi connectivity index (χ4v) is 4.62. The van der Waals surface area contributed by atoms with Gasteiger partial charge in [-0.15, -0.1) is 0 Å². The van der Waals surface area contributed by atoms with Gasteiger partial charge in [0, 0.05) is 0 Å². The van der Waals surface area contributed by atoms with Gasteiger partial charge in [-0.25, -0.2) is 4.79 Å². The van der Waals surface area contributed by atoms with Crippen LogP contribution in [0.4, 0.5) is 0 Å². The number of esters is 1. The van der Waals surface area contributed by atoms with Crippen molar-refractivity contribution in [3.05, 3.63) is 144 Å². The maximum atomic E-state index is 13.2. The number of carbonyl (C=O) groups is 1. The van der Waals surface area contributed by atoms with Gasteiger partial charge in [0.15, 0.2) is 12.4 Å². The summed E-state index contributed by atoms with van der Waals surface area (Å²) in [5.74, 6) is -0.704. The quantitative estimate of drug-likeness (QED) is 0.241. The summed E-state index contributed by atoms with van der Waals surface area (Å²) in [6.07, 6.45) is -5.49. The topological polar surface area (TPSA) is 83.5 Å². The molecule has 0 radical (unpaired) electrons. The molecule has 1 aliphatic heterocycles. The molecule has 7 heteroatoms. The molecule has 0 amide bonds. The van der Waals surface area contributed by atoms with E-state index in [1.807, 2.05) is 121 Å². The van der Waals surface area contributed by atoms with Crippen LogP contribution in [0.5, 0.6) is 0 Å². The van der Waals surface area contributed by atoms with Gasteiger partial charge in [0.05, 0.1) is 19.8 Å². The molecule has 1 saturated heterocycles. The molecule has 1 aliphatic rings. The molecule has 0 aromatic heterocycles. The summed E-state index contributed by atoms with van der Waals surface area (Å²) in [6.45, 7) is 0.696. The lowest BCUT2D eigenvalue weighted by molar-refractivity contribution is -0.316. The van der Waals surface area contributed by atoms with Gasteiger partial charge < -0.3 is 28.8 Å². The molecule has 0 aliphatic carbocycles. The zero-order valence-electron chi connectivity index (χ0n) is 22.7. The molecular formula is C34H34O7. The average Bonchev–Trinajstić information content (AvgIpc) is 3.03. The molecule has 0 saturated carbocycles. The van der Waals surface area contributed by atoms with Crippen LogP contribution in [-0.4, -0.2) is 41.8 Å². The second-order valence-corrected chi connectivity index (χ2v) is 9.83. The van der Waals surface area contributed by atoms with Crippen LogP contribution < -0.4 is 0 Å². The third-order valence-electron chi connectivity index (χ3n) is 6.80. The summed E-state index contributed by atoms with van der Waals surface area (Å²) in [5.41, 5.74) is 3.60. The summed E-state index contributed by atoms with van der Waals surface area (Å²) >= 11 is 0. The predicted octanol–water partition coefficient (Wildman–Crippen LogP) is 5.20. The minimum Gasteiger partial charge on any atom is -0.459 e. The third-order valence-corrected chi connectivity index (χ3v) is 6.80. The molecule has 1 fully saturated rings. The standard InChI is InChI=1S/C34H34O7/c35-29-30(37-21-25-13-5-1-6-14-25)32(38-22-26-15-7-2-8-16-26)34(40-24-28-19-11-4-12-20-28)41-31(29)33(36)39-23-27-17-9-3-10-18-27/h1-20,29-32,34-35H,21-24H2/t29-,30-,31-,32-,34?/m0/s1. The number of hydrogen-bond donors (Lipinski definition) is 1. The van der Waals surface area contributed by atoms with Crippen molar-refractivity contribution in [3.8, 4) is 0 Å². The summed E-state index contributed by atoms with van der Waals surface area (Å²) in [7, 11) is 0. The van der Waals surface area contributed by atoms with Crippen LogP contribution in [0.1, 0.15) is 22.3 Å². The largest absolute Gasteiger partial charge is 0.459 e. The average molecular weight is 555 g/mol. The Bertz CT molecular complexity index is 1320. The molecule has 1 heterocycles. The van der Waals surface area contributed by atoms with Gasteiger partial charge in [-0.2, -0.15) is 0 Å². The van der Waals surface area contributed by atoms with Crippen molar-refractivity contribution in [2.24, 2.45) is 0 Å². The number of carbonyl (C=O) groups excluding carboxylic acids is 1. The minimum atomic E-state index is -1.36. The number of hydrogen-bond acceptors (Lipinski definition) is 7. The summed E-state index contributed by atoms with van der Waals surface area (Å²) in [6, 6.07) is 38.3. The van der Waals surface area contributed by atoms with E-state index in [4.69, 9.17) is 23.7 Å². The van der Waals surface area contributed by atoms with Crippen molar-refractivity contribution < 1.29 is 33.6 Å². The van der Waals surface area contributed by atoms with Crippen molar-refractivity contribution >= 4 is 5.97 Å². The zero-order chi connectivity index (χ0) is 28.3. The Balaban J connectivity index is 1.38. The highest BCUT2D eigenvalue weighted by Gasteiger charge is 2.50. The predicted molar refractivity (Wildman–Crippen MR) is 152 cm³/mol. The van der Waals surface area contributed by atoms with Crippen LogP contribution >= 0.6 is 0 Å². The van der Waals surface area contributed by atoms with E-state index < -0.39 is 36.7 Å². The first kappa shape index (κ1) is 28.7. The molecule has 5 rings (SSSR count). The first-order valence-electron chi connectivity index (χ1n) is 13.7. The highest BCUT2D eigenvalue weighted by Crippen LogP contribution is 2.30. The lowest BCUT2D eigenvalue weighted by atomic mass is 9.98. The van der Waals surface area contributed by atoms with Crippen LogP contribution in [0.25, 0.3) is 0 Å². The van der Waals surface area contributed by atoms with E-state index in [0.717, 1.165) is 22.3 Å². The first-order chi connectivity index (χ1) is 20.2. The number of rotatable bonds is 12. The number of aliphatic hydroxyl groups excluding tert-OH is 1. The molecule has 5 atom stereocenters. The van der Waals surface area contributed by atoms with Crippen LogP contribution in [-0.2, 0) is 54.9 Å². The van der Waals surface area contributed by atoms with Gasteiger partial charge >= 0.3 is 5.97 Å². The lowest BCUT2D eigenvalue weighted by Crippen LogP contribution is -2.62. The second-order valence-electron chi connectivity index (χ2n) is 9.83. The van der Waals surface area contributed by atoms with Gasteiger partial charge in [0.25, 0.3) is 0 Å². The number of ether oxygens (including phenoxy) is 5. The van der Waals surface area contributed by atoms with E-state index in [9.17, 15) is 9.90 Å². The Hall–Kier alpha value is -3.85. The van der Waals surface area contributed by atoms with E-state index in [1.54, 1.807) is 0 Å². The van der Waals surface area contributed by atoms with Gasteiger partial charge in [0.2, 0.25) is 0 Å². The summed E-state index contributed by atoms with van der Waals surface area (Å²) < 4.78 is 30.4.